The molecule has 1 nitrogen and oxygen atoms in total. The van der Waals surface area contributed by atoms with Crippen molar-refractivity contribution >= 4 is 0 Å². The number of benzene rings is 1. The van der Waals surface area contributed by atoms with E-state index in [1.165, 1.54) is 12.1 Å². The minimum absolute atomic E-state index is 0.337. The molecule has 14 heteroatoms. The van der Waals surface area contributed by atoms with Crippen LogP contribution in [0.5, 0.6) is 0 Å². The zero-order chi connectivity index (χ0) is 26.3. The first-order valence-electron chi connectivity index (χ1n) is 9.27. The Balaban J connectivity index is 3.40. The molecule has 1 atom stereocenters. The lowest BCUT2D eigenvalue weighted by Crippen LogP contribution is -2.70. The molecule has 0 saturated carbocycles. The Bertz CT molecular complexity index is 812. The minimum atomic E-state index is -7.96. The van der Waals surface area contributed by atoms with E-state index in [0.29, 0.717) is 31.7 Å². The van der Waals surface area contributed by atoms with E-state index >= 15 is 0 Å². The standard InChI is InChI=1S/C19H19F13O/c1-3-4-6-11-7-5-8-12(9-11)13(2,33)10-14(20,21)15(22,23)16(24,25)17(26,27)18(28,29)19(30,31)32/h5,7-9,33H,3-4,6,10H2,1-2H3. The van der Waals surface area contributed by atoms with E-state index in [1.54, 1.807) is 6.92 Å². The fourth-order valence-electron chi connectivity index (χ4n) is 2.89. The van der Waals surface area contributed by atoms with Gasteiger partial charge in [-0.1, -0.05) is 37.6 Å². The minimum Gasteiger partial charge on any atom is -0.385 e. The summed E-state index contributed by atoms with van der Waals surface area (Å²) in [4.78, 5) is 0. The van der Waals surface area contributed by atoms with Crippen LogP contribution in [0.3, 0.4) is 0 Å². The van der Waals surface area contributed by atoms with Crippen LogP contribution in [0, 0.1) is 0 Å². The molecule has 0 aromatic heterocycles. The number of unbranched alkanes of at least 4 members (excludes halogenated alkanes) is 1. The first-order valence-corrected chi connectivity index (χ1v) is 9.27. The van der Waals surface area contributed by atoms with Crippen LogP contribution in [0.15, 0.2) is 24.3 Å². The van der Waals surface area contributed by atoms with Crippen LogP contribution in [-0.4, -0.2) is 40.9 Å². The quantitative estimate of drug-likeness (QED) is 0.326. The maximum atomic E-state index is 14.1. The molecule has 0 fully saturated rings. The van der Waals surface area contributed by atoms with Gasteiger partial charge in [-0.2, -0.15) is 57.1 Å². The summed E-state index contributed by atoms with van der Waals surface area (Å²) in [5.74, 6) is -37.4. The third-order valence-electron chi connectivity index (χ3n) is 4.93. The molecule has 1 unspecified atom stereocenters. The highest BCUT2D eigenvalue weighted by Gasteiger charge is 2.90. The molecule has 0 heterocycles. The van der Waals surface area contributed by atoms with Crippen LogP contribution in [0.1, 0.15) is 44.2 Å². The molecule has 0 aliphatic carbocycles. The first-order chi connectivity index (χ1) is 14.5. The van der Waals surface area contributed by atoms with Gasteiger partial charge in [0.25, 0.3) is 0 Å². The van der Waals surface area contributed by atoms with Crippen molar-refractivity contribution in [2.75, 3.05) is 0 Å². The Morgan fingerprint density at radius 3 is 1.67 bits per heavy atom. The number of aliphatic hydroxyl groups is 1. The average Bonchev–Trinajstić information content (AvgIpc) is 2.64. The van der Waals surface area contributed by atoms with Crippen LogP contribution < -0.4 is 0 Å². The van der Waals surface area contributed by atoms with E-state index in [0.717, 1.165) is 12.1 Å². The summed E-state index contributed by atoms with van der Waals surface area (Å²) >= 11 is 0. The normalized spacial score (nSPS) is 16.6. The van der Waals surface area contributed by atoms with Crippen LogP contribution in [-0.2, 0) is 12.0 Å². The zero-order valence-corrected chi connectivity index (χ0v) is 17.0. The van der Waals surface area contributed by atoms with Gasteiger partial charge in [-0.05, 0) is 30.9 Å². The Labute approximate surface area is 179 Å². The molecule has 0 aliphatic heterocycles. The maximum Gasteiger partial charge on any atom is 0.460 e. The molecule has 0 radical (unpaired) electrons. The van der Waals surface area contributed by atoms with Crippen molar-refractivity contribution in [3.05, 3.63) is 35.4 Å². The zero-order valence-electron chi connectivity index (χ0n) is 17.0. The molecule has 0 amide bonds. The van der Waals surface area contributed by atoms with Crippen molar-refractivity contribution in [2.24, 2.45) is 0 Å². The van der Waals surface area contributed by atoms with Crippen molar-refractivity contribution in [3.63, 3.8) is 0 Å². The van der Waals surface area contributed by atoms with Gasteiger partial charge in [-0.25, -0.2) is 0 Å². The highest BCUT2D eigenvalue weighted by Crippen LogP contribution is 2.61. The largest absolute Gasteiger partial charge is 0.460 e. The summed E-state index contributed by atoms with van der Waals surface area (Å²) in [5.41, 5.74) is -3.21. The van der Waals surface area contributed by atoms with E-state index in [4.69, 9.17) is 0 Å². The summed E-state index contributed by atoms with van der Waals surface area (Å²) in [6, 6.07) is 4.62. The lowest BCUT2D eigenvalue weighted by Gasteiger charge is -2.41. The van der Waals surface area contributed by atoms with Gasteiger partial charge in [-0.3, -0.25) is 0 Å². The molecule has 0 spiro atoms. The number of halogens is 13. The second-order valence-corrected chi connectivity index (χ2v) is 7.75. The predicted molar refractivity (Wildman–Crippen MR) is 90.0 cm³/mol. The summed E-state index contributed by atoms with van der Waals surface area (Å²) < 4.78 is 172. The summed E-state index contributed by atoms with van der Waals surface area (Å²) in [7, 11) is 0. The van der Waals surface area contributed by atoms with Crippen molar-refractivity contribution in [3.8, 4) is 0 Å². The molecular weight excluding hydrogens is 491 g/mol. The SMILES string of the molecule is CCCCc1cccc(C(C)(O)CC(F)(F)C(F)(F)C(F)(F)C(F)(F)C(F)(F)C(F)(F)F)c1. The fourth-order valence-corrected chi connectivity index (χ4v) is 2.89. The maximum absolute atomic E-state index is 14.1. The number of hydrogen-bond acceptors (Lipinski definition) is 1. The van der Waals surface area contributed by atoms with E-state index in [1.807, 2.05) is 0 Å². The number of hydrogen-bond donors (Lipinski definition) is 1. The third-order valence-corrected chi connectivity index (χ3v) is 4.93. The van der Waals surface area contributed by atoms with Gasteiger partial charge >= 0.3 is 35.8 Å². The second kappa shape index (κ2) is 8.81. The lowest BCUT2D eigenvalue weighted by molar-refractivity contribution is -0.441. The highest BCUT2D eigenvalue weighted by molar-refractivity contribution is 5.29. The molecule has 1 rings (SSSR count). The van der Waals surface area contributed by atoms with Gasteiger partial charge in [0.1, 0.15) is 0 Å². The molecule has 0 bridgehead atoms. The summed E-state index contributed by atoms with van der Waals surface area (Å²) in [6.45, 7) is 2.23. The van der Waals surface area contributed by atoms with Crippen LogP contribution in [0.4, 0.5) is 57.1 Å². The fraction of sp³-hybridized carbons (Fsp3) is 0.684. The van der Waals surface area contributed by atoms with Gasteiger partial charge in [0.2, 0.25) is 0 Å². The molecule has 33 heavy (non-hydrogen) atoms. The Morgan fingerprint density at radius 2 is 1.21 bits per heavy atom. The second-order valence-electron chi connectivity index (χ2n) is 7.75. The van der Waals surface area contributed by atoms with Crippen LogP contribution >= 0.6 is 0 Å². The van der Waals surface area contributed by atoms with Crippen LogP contribution in [0.25, 0.3) is 0 Å². The van der Waals surface area contributed by atoms with E-state index < -0.39 is 53.4 Å². The molecular formula is C19H19F13O. The summed E-state index contributed by atoms with van der Waals surface area (Å²) in [6.07, 6.45) is -8.57. The van der Waals surface area contributed by atoms with Gasteiger partial charge in [0, 0.05) is 0 Å². The monoisotopic (exact) mass is 510 g/mol. The van der Waals surface area contributed by atoms with Gasteiger partial charge in [0.05, 0.1) is 12.0 Å². The van der Waals surface area contributed by atoms with E-state index in [9.17, 15) is 62.2 Å². The Kier molecular flexibility index (Phi) is 7.82. The molecule has 1 aromatic rings. The van der Waals surface area contributed by atoms with Crippen molar-refractivity contribution in [2.45, 2.75) is 80.9 Å². The van der Waals surface area contributed by atoms with Crippen LogP contribution in [0.2, 0.25) is 0 Å². The first kappa shape index (κ1) is 29.3. The number of alkyl halides is 13. The predicted octanol–water partition coefficient (Wildman–Crippen LogP) is 7.37. The van der Waals surface area contributed by atoms with E-state index in [2.05, 4.69) is 0 Å². The van der Waals surface area contributed by atoms with Gasteiger partial charge < -0.3 is 5.11 Å². The summed E-state index contributed by atoms with van der Waals surface area (Å²) in [5, 5.41) is 10.2. The highest BCUT2D eigenvalue weighted by atomic mass is 19.4. The van der Waals surface area contributed by atoms with Gasteiger partial charge in [0.15, 0.2) is 0 Å². The topological polar surface area (TPSA) is 20.2 Å². The molecule has 0 saturated heterocycles. The molecule has 0 aliphatic rings. The number of rotatable bonds is 10. The smallest absolute Gasteiger partial charge is 0.385 e. The van der Waals surface area contributed by atoms with Crippen molar-refractivity contribution < 1.29 is 62.2 Å². The Morgan fingerprint density at radius 1 is 0.727 bits per heavy atom. The Hall–Kier alpha value is -1.73. The van der Waals surface area contributed by atoms with E-state index in [-0.39, 0.29) is 0 Å². The molecule has 1 N–H and O–H groups in total. The molecule has 1 aromatic carbocycles. The third kappa shape index (κ3) is 5.04. The lowest BCUT2D eigenvalue weighted by atomic mass is 9.83. The van der Waals surface area contributed by atoms with Gasteiger partial charge in [-0.15, -0.1) is 0 Å². The van der Waals surface area contributed by atoms with Crippen molar-refractivity contribution in [1.82, 2.24) is 0 Å². The number of aryl methyl sites for hydroxylation is 1. The average molecular weight is 510 g/mol. The van der Waals surface area contributed by atoms with Crippen molar-refractivity contribution in [1.29, 1.82) is 0 Å². The molecule has 192 valence electrons.